The molecule has 0 aliphatic carbocycles. The second kappa shape index (κ2) is 7.22. The zero-order valence-electron chi connectivity index (χ0n) is 12.3. The van der Waals surface area contributed by atoms with Crippen LogP contribution in [0, 0.1) is 6.92 Å². The third kappa shape index (κ3) is 4.29. The molecule has 2 rings (SSSR count). The summed E-state index contributed by atoms with van der Waals surface area (Å²) >= 11 is 0. The van der Waals surface area contributed by atoms with Crippen LogP contribution in [-0.2, 0) is 16.0 Å². The molecule has 114 valence electrons. The van der Waals surface area contributed by atoms with Crippen molar-refractivity contribution in [3.63, 3.8) is 0 Å². The standard InChI is InChI=1S/C16H22N2O3/c1-12-5-2-3-6-13(12)8-9-17-15(19)11-18-10-4-7-14(18)16(20)21/h2-3,5-6,14H,4,7-11H2,1H3,(H,17,19)(H,20,21)/t14-/m0/s1. The van der Waals surface area contributed by atoms with E-state index in [4.69, 9.17) is 5.11 Å². The number of nitrogens with zero attached hydrogens (tertiary/aromatic N) is 1. The summed E-state index contributed by atoms with van der Waals surface area (Å²) in [5, 5.41) is 11.9. The van der Waals surface area contributed by atoms with E-state index in [1.807, 2.05) is 12.1 Å². The van der Waals surface area contributed by atoms with Crippen LogP contribution in [0.25, 0.3) is 0 Å². The van der Waals surface area contributed by atoms with Gasteiger partial charge in [-0.25, -0.2) is 0 Å². The molecule has 5 heteroatoms. The highest BCUT2D eigenvalue weighted by Gasteiger charge is 2.31. The van der Waals surface area contributed by atoms with Gasteiger partial charge in [-0.2, -0.15) is 0 Å². The van der Waals surface area contributed by atoms with Crippen LogP contribution in [0.3, 0.4) is 0 Å². The molecule has 1 heterocycles. The van der Waals surface area contributed by atoms with Gasteiger partial charge in [0.15, 0.2) is 0 Å². The summed E-state index contributed by atoms with van der Waals surface area (Å²) in [5.41, 5.74) is 2.44. The predicted octanol–water partition coefficient (Wildman–Crippen LogP) is 1.20. The van der Waals surface area contributed by atoms with E-state index < -0.39 is 12.0 Å². The molecule has 1 aliphatic rings. The van der Waals surface area contributed by atoms with Crippen LogP contribution in [0.5, 0.6) is 0 Å². The van der Waals surface area contributed by atoms with Gasteiger partial charge >= 0.3 is 5.97 Å². The molecule has 1 saturated heterocycles. The predicted molar refractivity (Wildman–Crippen MR) is 80.1 cm³/mol. The molecular formula is C16H22N2O3. The monoisotopic (exact) mass is 290 g/mol. The Morgan fingerprint density at radius 2 is 2.14 bits per heavy atom. The van der Waals surface area contributed by atoms with E-state index in [1.54, 1.807) is 4.90 Å². The molecule has 21 heavy (non-hydrogen) atoms. The van der Waals surface area contributed by atoms with Gasteiger partial charge in [-0.1, -0.05) is 24.3 Å². The topological polar surface area (TPSA) is 69.6 Å². The molecule has 5 nitrogen and oxygen atoms in total. The minimum Gasteiger partial charge on any atom is -0.480 e. The molecule has 2 N–H and O–H groups in total. The summed E-state index contributed by atoms with van der Waals surface area (Å²) in [6.45, 7) is 3.49. The lowest BCUT2D eigenvalue weighted by Crippen LogP contribution is -2.43. The Bertz CT molecular complexity index is 516. The number of carbonyl (C=O) groups is 2. The number of aryl methyl sites for hydroxylation is 1. The maximum Gasteiger partial charge on any atom is 0.320 e. The molecular weight excluding hydrogens is 268 g/mol. The van der Waals surface area contributed by atoms with Crippen molar-refractivity contribution in [2.24, 2.45) is 0 Å². The number of nitrogens with one attached hydrogen (secondary N) is 1. The van der Waals surface area contributed by atoms with Gasteiger partial charge in [0.2, 0.25) is 5.91 Å². The quantitative estimate of drug-likeness (QED) is 0.826. The first-order valence-electron chi connectivity index (χ1n) is 7.36. The fourth-order valence-corrected chi connectivity index (χ4v) is 2.76. The molecule has 0 radical (unpaired) electrons. The number of carboxylic acids is 1. The lowest BCUT2D eigenvalue weighted by molar-refractivity contribution is -0.142. The molecule has 1 aromatic carbocycles. The van der Waals surface area contributed by atoms with E-state index in [1.165, 1.54) is 11.1 Å². The fraction of sp³-hybridized carbons (Fsp3) is 0.500. The Hall–Kier alpha value is -1.88. The van der Waals surface area contributed by atoms with Crippen molar-refractivity contribution < 1.29 is 14.7 Å². The van der Waals surface area contributed by atoms with Crippen molar-refractivity contribution in [1.82, 2.24) is 10.2 Å². The summed E-state index contributed by atoms with van der Waals surface area (Å²) in [6.07, 6.45) is 2.26. The van der Waals surface area contributed by atoms with E-state index in [-0.39, 0.29) is 12.5 Å². The van der Waals surface area contributed by atoms with Gasteiger partial charge in [0.05, 0.1) is 6.54 Å². The Morgan fingerprint density at radius 3 is 2.86 bits per heavy atom. The number of hydrogen-bond acceptors (Lipinski definition) is 3. The highest BCUT2D eigenvalue weighted by atomic mass is 16.4. The first-order chi connectivity index (χ1) is 10.1. The van der Waals surface area contributed by atoms with Crippen LogP contribution >= 0.6 is 0 Å². The van der Waals surface area contributed by atoms with E-state index >= 15 is 0 Å². The third-order valence-corrected chi connectivity index (χ3v) is 3.97. The molecule has 1 amide bonds. The minimum atomic E-state index is -0.833. The molecule has 1 atom stereocenters. The fourth-order valence-electron chi connectivity index (χ4n) is 2.76. The molecule has 1 fully saturated rings. The van der Waals surface area contributed by atoms with Crippen molar-refractivity contribution in [2.75, 3.05) is 19.6 Å². The summed E-state index contributed by atoms with van der Waals surface area (Å²) < 4.78 is 0. The number of amides is 1. The first-order valence-corrected chi connectivity index (χ1v) is 7.36. The van der Waals surface area contributed by atoms with Crippen molar-refractivity contribution in [3.05, 3.63) is 35.4 Å². The van der Waals surface area contributed by atoms with E-state index in [0.29, 0.717) is 19.5 Å². The third-order valence-electron chi connectivity index (χ3n) is 3.97. The molecule has 1 aromatic rings. The zero-order valence-corrected chi connectivity index (χ0v) is 12.3. The molecule has 1 aliphatic heterocycles. The molecule has 0 unspecified atom stereocenters. The molecule has 0 saturated carbocycles. The van der Waals surface area contributed by atoms with Crippen LogP contribution in [0.4, 0.5) is 0 Å². The SMILES string of the molecule is Cc1ccccc1CCNC(=O)CN1CCC[C@H]1C(=O)O. The van der Waals surface area contributed by atoms with Crippen LogP contribution in [0.15, 0.2) is 24.3 Å². The van der Waals surface area contributed by atoms with E-state index in [2.05, 4.69) is 24.4 Å². The Labute approximate surface area is 125 Å². The highest BCUT2D eigenvalue weighted by molar-refractivity contribution is 5.80. The number of aliphatic carboxylic acids is 1. The number of rotatable bonds is 6. The minimum absolute atomic E-state index is 0.100. The zero-order chi connectivity index (χ0) is 15.2. The van der Waals surface area contributed by atoms with E-state index in [9.17, 15) is 9.59 Å². The maximum absolute atomic E-state index is 11.9. The number of likely N-dealkylation sites (tertiary alicyclic amines) is 1. The normalized spacial score (nSPS) is 18.6. The lowest BCUT2D eigenvalue weighted by Gasteiger charge is -2.20. The summed E-state index contributed by atoms with van der Waals surface area (Å²) in [5.74, 6) is -0.933. The lowest BCUT2D eigenvalue weighted by atomic mass is 10.1. The van der Waals surface area contributed by atoms with Crippen LogP contribution in [0.2, 0.25) is 0 Å². The number of hydrogen-bond donors (Lipinski definition) is 2. The second-order valence-corrected chi connectivity index (χ2v) is 5.49. The van der Waals surface area contributed by atoms with Gasteiger partial charge < -0.3 is 10.4 Å². The summed E-state index contributed by atoms with van der Waals surface area (Å²) in [6, 6.07) is 7.59. The van der Waals surface area contributed by atoms with Crippen molar-refractivity contribution in [3.8, 4) is 0 Å². The van der Waals surface area contributed by atoms with Gasteiger partial charge in [0, 0.05) is 6.54 Å². The van der Waals surface area contributed by atoms with Crippen molar-refractivity contribution >= 4 is 11.9 Å². The van der Waals surface area contributed by atoms with Gasteiger partial charge in [-0.05, 0) is 43.9 Å². The van der Waals surface area contributed by atoms with Crippen LogP contribution in [-0.4, -0.2) is 47.6 Å². The second-order valence-electron chi connectivity index (χ2n) is 5.49. The smallest absolute Gasteiger partial charge is 0.320 e. The Balaban J connectivity index is 1.75. The highest BCUT2D eigenvalue weighted by Crippen LogP contribution is 2.16. The number of carboxylic acid groups (broad SMARTS) is 1. The van der Waals surface area contributed by atoms with Gasteiger partial charge in [-0.3, -0.25) is 14.5 Å². The number of carbonyl (C=O) groups excluding carboxylic acids is 1. The molecule has 0 aromatic heterocycles. The summed E-state index contributed by atoms with van der Waals surface area (Å²) in [4.78, 5) is 24.7. The maximum atomic E-state index is 11.9. The molecule has 0 bridgehead atoms. The van der Waals surface area contributed by atoms with Crippen molar-refractivity contribution in [1.29, 1.82) is 0 Å². The van der Waals surface area contributed by atoms with Gasteiger partial charge in [-0.15, -0.1) is 0 Å². The number of benzene rings is 1. The van der Waals surface area contributed by atoms with E-state index in [0.717, 1.165) is 12.8 Å². The Kier molecular flexibility index (Phi) is 5.33. The van der Waals surface area contributed by atoms with Crippen molar-refractivity contribution in [2.45, 2.75) is 32.2 Å². The van der Waals surface area contributed by atoms with Crippen LogP contribution in [0.1, 0.15) is 24.0 Å². The largest absolute Gasteiger partial charge is 0.480 e. The van der Waals surface area contributed by atoms with Crippen LogP contribution < -0.4 is 5.32 Å². The Morgan fingerprint density at radius 1 is 1.38 bits per heavy atom. The average molecular weight is 290 g/mol. The first kappa shape index (κ1) is 15.5. The average Bonchev–Trinajstić information content (AvgIpc) is 2.89. The molecule has 0 spiro atoms. The summed E-state index contributed by atoms with van der Waals surface area (Å²) in [7, 11) is 0. The van der Waals surface area contributed by atoms with Gasteiger partial charge in [0.25, 0.3) is 0 Å². The van der Waals surface area contributed by atoms with Gasteiger partial charge in [0.1, 0.15) is 6.04 Å².